The molecule has 1 atom stereocenters. The fourth-order valence-electron chi connectivity index (χ4n) is 3.94. The number of para-hydroxylation sites is 1. The summed E-state index contributed by atoms with van der Waals surface area (Å²) in [5.41, 5.74) is 1.45. The van der Waals surface area contributed by atoms with Crippen molar-refractivity contribution in [3.8, 4) is 0 Å². The maximum absolute atomic E-state index is 13.1. The highest BCUT2D eigenvalue weighted by Crippen LogP contribution is 2.30. The van der Waals surface area contributed by atoms with Crippen molar-refractivity contribution >= 4 is 38.2 Å². The van der Waals surface area contributed by atoms with Crippen molar-refractivity contribution in [2.75, 3.05) is 19.6 Å². The van der Waals surface area contributed by atoms with Crippen molar-refractivity contribution in [3.05, 3.63) is 51.8 Å². The van der Waals surface area contributed by atoms with Crippen LogP contribution in [0.2, 0.25) is 0 Å². The molecule has 4 rings (SSSR count). The molecule has 1 aliphatic heterocycles. The third-order valence-electron chi connectivity index (χ3n) is 5.42. The first-order valence-electron chi connectivity index (χ1n) is 9.78. The van der Waals surface area contributed by atoms with Gasteiger partial charge in [-0.3, -0.25) is 4.79 Å². The lowest BCUT2D eigenvalue weighted by molar-refractivity contribution is 0.0937. The number of nitrogens with one attached hydrogen (secondary N) is 2. The summed E-state index contributed by atoms with van der Waals surface area (Å²) in [6.07, 6.45) is 1.70. The zero-order valence-corrected chi connectivity index (χ0v) is 18.2. The number of fused-ring (bicyclic) bond motifs is 1. The summed E-state index contributed by atoms with van der Waals surface area (Å²) in [5.74, 6) is -0.0580. The van der Waals surface area contributed by atoms with Crippen LogP contribution in [0, 0.1) is 19.8 Å². The molecule has 1 unspecified atom stereocenters. The average Bonchev–Trinajstić information content (AvgIpc) is 3.29. The van der Waals surface area contributed by atoms with Crippen LogP contribution in [0.4, 0.5) is 0 Å². The van der Waals surface area contributed by atoms with Crippen LogP contribution < -0.4 is 5.32 Å². The summed E-state index contributed by atoms with van der Waals surface area (Å²) < 4.78 is 27.7. The number of amides is 1. The first kappa shape index (κ1) is 20.1. The average molecular weight is 432 g/mol. The van der Waals surface area contributed by atoms with E-state index in [9.17, 15) is 13.2 Å². The van der Waals surface area contributed by atoms with Crippen LogP contribution in [-0.4, -0.2) is 43.2 Å². The Morgan fingerprint density at radius 3 is 2.79 bits per heavy atom. The number of carbonyl (C=O) groups excluding carboxylic acids is 1. The van der Waals surface area contributed by atoms with Gasteiger partial charge in [-0.15, -0.1) is 11.3 Å². The van der Waals surface area contributed by atoms with E-state index >= 15 is 0 Å². The van der Waals surface area contributed by atoms with Gasteiger partial charge in [0.05, 0.1) is 4.90 Å². The molecule has 0 aliphatic carbocycles. The Bertz CT molecular complexity index is 1110. The van der Waals surface area contributed by atoms with E-state index in [4.69, 9.17) is 0 Å². The van der Waals surface area contributed by atoms with Crippen LogP contribution in [0.15, 0.2) is 41.3 Å². The third-order valence-corrected chi connectivity index (χ3v) is 8.51. The van der Waals surface area contributed by atoms with Crippen LogP contribution in [0.5, 0.6) is 0 Å². The molecule has 2 aromatic heterocycles. The van der Waals surface area contributed by atoms with E-state index in [2.05, 4.69) is 10.3 Å². The number of sulfonamides is 1. The van der Waals surface area contributed by atoms with Crippen molar-refractivity contribution in [3.63, 3.8) is 0 Å². The number of thiophene rings is 1. The van der Waals surface area contributed by atoms with Crippen LogP contribution in [-0.2, 0) is 10.0 Å². The molecular formula is C21H25N3O3S2. The highest BCUT2D eigenvalue weighted by atomic mass is 32.2. The number of benzene rings is 1. The van der Waals surface area contributed by atoms with E-state index in [1.165, 1.54) is 11.3 Å². The van der Waals surface area contributed by atoms with Crippen LogP contribution in [0.1, 0.15) is 33.1 Å². The Morgan fingerprint density at radius 2 is 2.07 bits per heavy atom. The molecule has 0 bridgehead atoms. The minimum absolute atomic E-state index is 0.104. The van der Waals surface area contributed by atoms with E-state index in [0.717, 1.165) is 33.5 Å². The van der Waals surface area contributed by atoms with Crippen molar-refractivity contribution in [1.82, 2.24) is 14.6 Å². The Hall–Kier alpha value is -2.16. The van der Waals surface area contributed by atoms with E-state index in [1.807, 2.05) is 44.2 Å². The van der Waals surface area contributed by atoms with Gasteiger partial charge in [-0.1, -0.05) is 18.2 Å². The zero-order chi connectivity index (χ0) is 20.6. The minimum Gasteiger partial charge on any atom is -0.351 e. The molecule has 1 aliphatic rings. The number of hydrogen-bond donors (Lipinski definition) is 2. The number of piperidine rings is 1. The van der Waals surface area contributed by atoms with E-state index in [1.54, 1.807) is 10.4 Å². The van der Waals surface area contributed by atoms with Crippen molar-refractivity contribution < 1.29 is 13.2 Å². The van der Waals surface area contributed by atoms with Crippen molar-refractivity contribution in [2.45, 2.75) is 31.6 Å². The summed E-state index contributed by atoms with van der Waals surface area (Å²) in [5, 5.41) is 3.96. The molecule has 2 N–H and O–H groups in total. The highest BCUT2D eigenvalue weighted by molar-refractivity contribution is 7.89. The largest absolute Gasteiger partial charge is 0.351 e. The highest BCUT2D eigenvalue weighted by Gasteiger charge is 2.32. The molecule has 1 saturated heterocycles. The van der Waals surface area contributed by atoms with Gasteiger partial charge >= 0.3 is 0 Å². The molecular weight excluding hydrogens is 406 g/mol. The van der Waals surface area contributed by atoms with Crippen molar-refractivity contribution in [1.29, 1.82) is 0 Å². The van der Waals surface area contributed by atoms with E-state index in [0.29, 0.717) is 30.2 Å². The van der Waals surface area contributed by atoms with Gasteiger partial charge in [-0.2, -0.15) is 4.31 Å². The molecule has 3 aromatic rings. The lowest BCUT2D eigenvalue weighted by atomic mass is 10.00. The number of hydrogen-bond acceptors (Lipinski definition) is 4. The van der Waals surface area contributed by atoms with Crippen molar-refractivity contribution in [2.24, 2.45) is 5.92 Å². The maximum Gasteiger partial charge on any atom is 0.267 e. The van der Waals surface area contributed by atoms with Gasteiger partial charge in [0, 0.05) is 40.3 Å². The lowest BCUT2D eigenvalue weighted by Gasteiger charge is -2.32. The molecule has 0 radical (unpaired) electrons. The quantitative estimate of drug-likeness (QED) is 0.647. The first-order valence-corrected chi connectivity index (χ1v) is 12.0. The van der Waals surface area contributed by atoms with E-state index < -0.39 is 10.0 Å². The fraction of sp³-hybridized carbons (Fsp3) is 0.381. The molecule has 1 fully saturated rings. The topological polar surface area (TPSA) is 82.3 Å². The number of carbonyl (C=O) groups is 1. The predicted octanol–water partition coefficient (Wildman–Crippen LogP) is 3.68. The van der Waals surface area contributed by atoms with E-state index in [-0.39, 0.29) is 11.8 Å². The smallest absolute Gasteiger partial charge is 0.267 e. The SMILES string of the molecule is Cc1cc(S(=O)(=O)N2CCCC(CNC(=O)c3cc4ccccc4[nH]3)C2)c(C)s1. The minimum atomic E-state index is -3.49. The third kappa shape index (κ3) is 4.10. The Kier molecular flexibility index (Phi) is 5.50. The Morgan fingerprint density at radius 1 is 1.28 bits per heavy atom. The summed E-state index contributed by atoms with van der Waals surface area (Å²) >= 11 is 1.51. The molecule has 3 heterocycles. The number of rotatable bonds is 5. The molecule has 1 amide bonds. The molecule has 8 heteroatoms. The zero-order valence-electron chi connectivity index (χ0n) is 16.6. The van der Waals surface area contributed by atoms with Gasteiger partial charge < -0.3 is 10.3 Å². The molecule has 0 saturated carbocycles. The van der Waals surface area contributed by atoms with Crippen LogP contribution in [0.25, 0.3) is 10.9 Å². The second-order valence-corrected chi connectivity index (χ2v) is 11.0. The second-order valence-electron chi connectivity index (χ2n) is 7.63. The predicted molar refractivity (Wildman–Crippen MR) is 116 cm³/mol. The molecule has 0 spiro atoms. The number of H-pyrrole nitrogens is 1. The molecule has 154 valence electrons. The summed E-state index contributed by atoms with van der Waals surface area (Å²) in [6.45, 7) is 5.20. The lowest BCUT2D eigenvalue weighted by Crippen LogP contribution is -2.43. The molecule has 6 nitrogen and oxygen atoms in total. The van der Waals surface area contributed by atoms with Gasteiger partial charge in [-0.25, -0.2) is 8.42 Å². The standard InChI is InChI=1S/C21H25N3O3S2/c1-14-10-20(15(2)28-14)29(26,27)24-9-5-6-16(13-24)12-22-21(25)19-11-17-7-3-4-8-18(17)23-19/h3-4,7-8,10-11,16,23H,5-6,9,12-13H2,1-2H3,(H,22,25). The molecule has 29 heavy (non-hydrogen) atoms. The van der Waals surface area contributed by atoms with Gasteiger partial charge in [-0.05, 0) is 50.8 Å². The fourth-order valence-corrected chi connectivity index (χ4v) is 7.02. The monoisotopic (exact) mass is 431 g/mol. The number of aromatic nitrogens is 1. The summed E-state index contributed by atoms with van der Waals surface area (Å²) in [7, 11) is -3.49. The number of nitrogens with zero attached hydrogens (tertiary/aromatic N) is 1. The summed E-state index contributed by atoms with van der Waals surface area (Å²) in [4.78, 5) is 17.9. The van der Waals surface area contributed by atoms with Gasteiger partial charge in [0.15, 0.2) is 0 Å². The number of aryl methyl sites for hydroxylation is 2. The maximum atomic E-state index is 13.1. The summed E-state index contributed by atoms with van der Waals surface area (Å²) in [6, 6.07) is 11.4. The van der Waals surface area contributed by atoms with Gasteiger partial charge in [0.2, 0.25) is 10.0 Å². The van der Waals surface area contributed by atoms with Crippen LogP contribution >= 0.6 is 11.3 Å². The van der Waals surface area contributed by atoms with Gasteiger partial charge in [0.25, 0.3) is 5.91 Å². The first-order chi connectivity index (χ1) is 13.8. The molecule has 1 aromatic carbocycles. The normalized spacial score (nSPS) is 18.2. The second kappa shape index (κ2) is 7.93. The van der Waals surface area contributed by atoms with Gasteiger partial charge in [0.1, 0.15) is 5.69 Å². The van der Waals surface area contributed by atoms with Crippen LogP contribution in [0.3, 0.4) is 0 Å². The number of aromatic amines is 1. The Balaban J connectivity index is 1.41. The Labute approximate surface area is 175 Å².